The average Bonchev–Trinajstić information content (AvgIpc) is 2.63. The van der Waals surface area contributed by atoms with Crippen LogP contribution in [0.1, 0.15) is 67.2 Å². The fourth-order valence-corrected chi connectivity index (χ4v) is 9.25. The van der Waals surface area contributed by atoms with Gasteiger partial charge in [-0.1, -0.05) is 12.8 Å². The van der Waals surface area contributed by atoms with Crippen molar-refractivity contribution in [3.63, 3.8) is 0 Å². The highest BCUT2D eigenvalue weighted by molar-refractivity contribution is 8.11. The van der Waals surface area contributed by atoms with E-state index in [1.165, 1.54) is 0 Å². The van der Waals surface area contributed by atoms with Gasteiger partial charge in [0.2, 0.25) is 0 Å². The summed E-state index contributed by atoms with van der Waals surface area (Å²) in [4.78, 5) is 0. The van der Waals surface area contributed by atoms with Gasteiger partial charge in [0.25, 0.3) is 0 Å². The minimum absolute atomic E-state index is 0.228. The molecule has 1 fully saturated rings. The first-order valence-corrected chi connectivity index (χ1v) is 9.66. The molecular weight excluding hydrogens is 284 g/mol. The molecule has 1 saturated carbocycles. The Morgan fingerprint density at radius 1 is 0.684 bits per heavy atom. The molecule has 4 nitrogen and oxygen atoms in total. The second-order valence-corrected chi connectivity index (χ2v) is 13.6. The van der Waals surface area contributed by atoms with Gasteiger partial charge in [-0.15, -0.1) is 0 Å². The van der Waals surface area contributed by atoms with Gasteiger partial charge in [0, 0.05) is 0 Å². The molecule has 0 bridgehead atoms. The van der Waals surface area contributed by atoms with E-state index in [4.69, 9.17) is 0 Å². The Labute approximate surface area is 117 Å². The lowest BCUT2D eigenvalue weighted by Crippen LogP contribution is -2.56. The van der Waals surface area contributed by atoms with Crippen molar-refractivity contribution in [3.8, 4) is 0 Å². The van der Waals surface area contributed by atoms with Gasteiger partial charge in [0.15, 0.2) is 23.8 Å². The molecule has 0 aliphatic heterocycles. The molecule has 0 radical (unpaired) electrons. The van der Waals surface area contributed by atoms with Crippen molar-refractivity contribution in [2.24, 2.45) is 0 Å². The minimum atomic E-state index is -3.77. The van der Waals surface area contributed by atoms with Crippen LogP contribution in [0.3, 0.4) is 0 Å². The van der Waals surface area contributed by atoms with E-state index in [1.807, 2.05) is 0 Å². The van der Waals surface area contributed by atoms with E-state index >= 15 is 0 Å². The quantitative estimate of drug-likeness (QED) is 0.786. The summed E-state index contributed by atoms with van der Waals surface area (Å²) in [7, 11) is -7.53. The van der Waals surface area contributed by atoms with Crippen molar-refractivity contribution >= 4 is 19.7 Å². The third kappa shape index (κ3) is 2.24. The predicted molar refractivity (Wildman–Crippen MR) is 78.5 cm³/mol. The second kappa shape index (κ2) is 4.45. The average molecular weight is 310 g/mol. The second-order valence-electron chi connectivity index (χ2n) is 7.35. The van der Waals surface area contributed by atoms with Crippen LogP contribution in [0.15, 0.2) is 0 Å². The summed E-state index contributed by atoms with van der Waals surface area (Å²) in [5.41, 5.74) is 0. The molecule has 6 heteroatoms. The van der Waals surface area contributed by atoms with Gasteiger partial charge in [-0.05, 0) is 54.4 Å². The molecule has 0 saturated heterocycles. The van der Waals surface area contributed by atoms with Crippen molar-refractivity contribution in [3.05, 3.63) is 0 Å². The summed E-state index contributed by atoms with van der Waals surface area (Å²) in [6.45, 7) is 9.50. The zero-order valence-electron chi connectivity index (χ0n) is 12.8. The molecule has 0 amide bonds. The molecule has 19 heavy (non-hydrogen) atoms. The number of hydrogen-bond donors (Lipinski definition) is 0. The first-order chi connectivity index (χ1) is 8.21. The molecule has 0 N–H and O–H groups in total. The Morgan fingerprint density at radius 3 is 1.16 bits per heavy atom. The van der Waals surface area contributed by atoms with E-state index in [2.05, 4.69) is 0 Å². The molecule has 0 atom stereocenters. The Kier molecular flexibility index (Phi) is 3.97. The molecule has 1 aliphatic rings. The Bertz CT molecular complexity index is 490. The van der Waals surface area contributed by atoms with Crippen LogP contribution in [0.5, 0.6) is 0 Å². The van der Waals surface area contributed by atoms with Gasteiger partial charge in [0.05, 0.1) is 9.49 Å². The zero-order chi connectivity index (χ0) is 15.3. The molecule has 0 aromatic rings. The first kappa shape index (κ1) is 17.0. The number of hydrogen-bond acceptors (Lipinski definition) is 4. The smallest absolute Gasteiger partial charge is 0.175 e. The molecular formula is C13H26O4S2. The van der Waals surface area contributed by atoms with E-state index in [0.717, 1.165) is 0 Å². The van der Waals surface area contributed by atoms with Crippen LogP contribution >= 0.6 is 0 Å². The van der Waals surface area contributed by atoms with Crippen LogP contribution in [0, 0.1) is 0 Å². The van der Waals surface area contributed by atoms with E-state index in [-0.39, 0.29) is 12.8 Å². The topological polar surface area (TPSA) is 68.3 Å². The number of rotatable bonds is 2. The van der Waals surface area contributed by atoms with Crippen molar-refractivity contribution in [1.29, 1.82) is 0 Å². The maximum absolute atomic E-state index is 12.9. The highest BCUT2D eigenvalue weighted by Crippen LogP contribution is 2.49. The summed E-state index contributed by atoms with van der Waals surface area (Å²) in [5, 5.41) is 0. The maximum atomic E-state index is 12.9. The van der Waals surface area contributed by atoms with Gasteiger partial charge < -0.3 is 0 Å². The van der Waals surface area contributed by atoms with Crippen LogP contribution in [0.2, 0.25) is 0 Å². The normalized spacial score (nSPS) is 21.6. The van der Waals surface area contributed by atoms with Gasteiger partial charge in [-0.2, -0.15) is 0 Å². The van der Waals surface area contributed by atoms with Crippen LogP contribution in [0.25, 0.3) is 0 Å². The minimum Gasteiger partial charge on any atom is -0.227 e. The van der Waals surface area contributed by atoms with Crippen molar-refractivity contribution < 1.29 is 16.8 Å². The summed E-state index contributed by atoms with van der Waals surface area (Å²) >= 11 is 0. The third-order valence-electron chi connectivity index (χ3n) is 3.96. The molecule has 0 spiro atoms. The van der Waals surface area contributed by atoms with Crippen LogP contribution in [0.4, 0.5) is 0 Å². The monoisotopic (exact) mass is 310 g/mol. The molecule has 0 aromatic carbocycles. The van der Waals surface area contributed by atoms with Gasteiger partial charge in [-0.3, -0.25) is 0 Å². The fourth-order valence-electron chi connectivity index (χ4n) is 2.71. The Balaban J connectivity index is 3.63. The molecule has 0 unspecified atom stereocenters. The van der Waals surface area contributed by atoms with E-state index in [1.54, 1.807) is 41.5 Å². The van der Waals surface area contributed by atoms with Gasteiger partial charge in [0.1, 0.15) is 0 Å². The largest absolute Gasteiger partial charge is 0.227 e. The summed E-state index contributed by atoms with van der Waals surface area (Å²) in [6, 6.07) is 0. The summed E-state index contributed by atoms with van der Waals surface area (Å²) < 4.78 is 47.8. The number of sulfone groups is 2. The van der Waals surface area contributed by atoms with Crippen LogP contribution < -0.4 is 0 Å². The van der Waals surface area contributed by atoms with Crippen LogP contribution in [-0.2, 0) is 19.7 Å². The van der Waals surface area contributed by atoms with Crippen molar-refractivity contribution in [2.75, 3.05) is 0 Å². The molecule has 1 aliphatic carbocycles. The lowest BCUT2D eigenvalue weighted by Gasteiger charge is -2.39. The summed E-state index contributed by atoms with van der Waals surface area (Å²) in [5.74, 6) is 0. The lowest BCUT2D eigenvalue weighted by atomic mass is 10.2. The molecule has 114 valence electrons. The Morgan fingerprint density at radius 2 is 0.947 bits per heavy atom. The van der Waals surface area contributed by atoms with Crippen LogP contribution in [-0.4, -0.2) is 30.4 Å². The lowest BCUT2D eigenvalue weighted by molar-refractivity contribution is 0.500. The first-order valence-electron chi connectivity index (χ1n) is 6.69. The maximum Gasteiger partial charge on any atom is 0.175 e. The van der Waals surface area contributed by atoms with Gasteiger partial charge in [-0.25, -0.2) is 16.8 Å². The predicted octanol–water partition coefficient (Wildman–Crippen LogP) is 2.68. The van der Waals surface area contributed by atoms with E-state index < -0.39 is 33.2 Å². The molecule has 0 aromatic heterocycles. The fraction of sp³-hybridized carbons (Fsp3) is 1.00. The van der Waals surface area contributed by atoms with E-state index in [9.17, 15) is 16.8 Å². The van der Waals surface area contributed by atoms with Crippen molar-refractivity contribution in [1.82, 2.24) is 0 Å². The summed E-state index contributed by atoms with van der Waals surface area (Å²) in [6.07, 6.45) is 1.77. The molecule has 1 rings (SSSR count). The highest BCUT2D eigenvalue weighted by atomic mass is 32.3. The Hall–Kier alpha value is -0.100. The van der Waals surface area contributed by atoms with Gasteiger partial charge >= 0.3 is 0 Å². The van der Waals surface area contributed by atoms with E-state index in [0.29, 0.717) is 12.8 Å². The zero-order valence-corrected chi connectivity index (χ0v) is 14.4. The molecule has 0 heterocycles. The van der Waals surface area contributed by atoms with Crippen molar-refractivity contribution in [2.45, 2.75) is 80.8 Å². The highest BCUT2D eigenvalue weighted by Gasteiger charge is 2.62. The third-order valence-corrected chi connectivity index (χ3v) is 11.3. The SMILES string of the molecule is CC(C)(C)S(=O)(=O)C1(S(=O)(=O)C(C)(C)C)CCCC1. The standard InChI is InChI=1S/C13H26O4S2/c1-11(2,3)18(14,15)13(9-7-8-10-13)19(16,17)12(4,5)6/h7-10H2,1-6H3.